The van der Waals surface area contributed by atoms with Gasteiger partial charge in [-0.05, 0) is 29.6 Å². The van der Waals surface area contributed by atoms with Crippen molar-refractivity contribution in [2.75, 3.05) is 16.8 Å². The summed E-state index contributed by atoms with van der Waals surface area (Å²) in [5, 5.41) is 4.44. The zero-order chi connectivity index (χ0) is 14.5. The molecule has 1 aromatic carbocycles. The number of halogens is 1. The second-order valence-electron chi connectivity index (χ2n) is 4.02. The van der Waals surface area contributed by atoms with Crippen molar-refractivity contribution in [2.45, 2.75) is 10.6 Å². The third-order valence-electron chi connectivity index (χ3n) is 2.51. The molecule has 20 heavy (non-hydrogen) atoms. The van der Waals surface area contributed by atoms with Crippen LogP contribution in [0.25, 0.3) is 0 Å². The van der Waals surface area contributed by atoms with Gasteiger partial charge in [0.2, 0.25) is 5.91 Å². The van der Waals surface area contributed by atoms with Crippen molar-refractivity contribution in [1.29, 1.82) is 0 Å². The first-order valence-corrected chi connectivity index (χ1v) is 8.03. The van der Waals surface area contributed by atoms with Crippen LogP contribution in [-0.4, -0.2) is 15.9 Å². The van der Waals surface area contributed by atoms with E-state index in [9.17, 15) is 13.4 Å². The van der Waals surface area contributed by atoms with Crippen LogP contribution in [-0.2, 0) is 15.6 Å². The molecule has 2 aromatic rings. The van der Waals surface area contributed by atoms with E-state index >= 15 is 0 Å². The summed E-state index contributed by atoms with van der Waals surface area (Å²) < 4.78 is 25.6. The number of hydrogen-bond donors (Lipinski definition) is 2. The highest BCUT2D eigenvalue weighted by Gasteiger charge is 2.09. The molecule has 1 aromatic heterocycles. The summed E-state index contributed by atoms with van der Waals surface area (Å²) in [4.78, 5) is 11.7. The predicted octanol–water partition coefficient (Wildman–Crippen LogP) is 2.61. The van der Waals surface area contributed by atoms with Crippen LogP contribution in [0.15, 0.2) is 39.9 Å². The number of hydrogen-bond acceptors (Lipinski definition) is 4. The third-order valence-corrected chi connectivity index (χ3v) is 5.18. The summed E-state index contributed by atoms with van der Waals surface area (Å²) in [5.41, 5.74) is 5.81. The van der Waals surface area contributed by atoms with E-state index in [2.05, 4.69) is 5.32 Å². The molecule has 0 aliphatic carbocycles. The van der Waals surface area contributed by atoms with E-state index in [1.165, 1.54) is 29.5 Å². The molecule has 0 spiro atoms. The second-order valence-corrected chi connectivity index (χ2v) is 6.76. The van der Waals surface area contributed by atoms with Gasteiger partial charge in [0.25, 0.3) is 0 Å². The SMILES string of the molecule is Nc1cc(NC(=O)CCS(=O)c2cccs2)ccc1F. The van der Waals surface area contributed by atoms with Gasteiger partial charge in [0.1, 0.15) is 5.82 Å². The van der Waals surface area contributed by atoms with Crippen LogP contribution in [0.5, 0.6) is 0 Å². The maximum atomic E-state index is 13.0. The summed E-state index contributed by atoms with van der Waals surface area (Å²) in [7, 11) is -1.17. The first-order chi connectivity index (χ1) is 9.56. The van der Waals surface area contributed by atoms with Crippen LogP contribution in [0, 0.1) is 5.82 Å². The Balaban J connectivity index is 1.86. The second kappa shape index (κ2) is 6.62. The van der Waals surface area contributed by atoms with E-state index in [0.29, 0.717) is 5.69 Å². The molecule has 1 unspecified atom stereocenters. The number of anilines is 2. The van der Waals surface area contributed by atoms with Crippen molar-refractivity contribution < 1.29 is 13.4 Å². The summed E-state index contributed by atoms with van der Waals surface area (Å²) in [6, 6.07) is 7.57. The van der Waals surface area contributed by atoms with E-state index in [0.717, 1.165) is 4.21 Å². The molecule has 1 atom stereocenters. The van der Waals surface area contributed by atoms with E-state index < -0.39 is 16.6 Å². The molecular formula is C13H13FN2O2S2. The van der Waals surface area contributed by atoms with Crippen LogP contribution in [0.3, 0.4) is 0 Å². The topological polar surface area (TPSA) is 72.2 Å². The molecule has 1 amide bonds. The standard InChI is InChI=1S/C13H13FN2O2S2/c14-10-4-3-9(8-11(10)15)16-12(17)5-7-20(18)13-2-1-6-19-13/h1-4,6,8H,5,7,15H2,(H,16,17). The lowest BCUT2D eigenvalue weighted by atomic mass is 10.2. The number of rotatable bonds is 5. The normalized spacial score (nSPS) is 12.1. The van der Waals surface area contributed by atoms with Crippen LogP contribution >= 0.6 is 11.3 Å². The number of carbonyl (C=O) groups is 1. The van der Waals surface area contributed by atoms with Crippen molar-refractivity contribution in [1.82, 2.24) is 0 Å². The van der Waals surface area contributed by atoms with E-state index in [1.54, 1.807) is 6.07 Å². The monoisotopic (exact) mass is 312 g/mol. The van der Waals surface area contributed by atoms with Gasteiger partial charge in [0.15, 0.2) is 0 Å². The highest BCUT2D eigenvalue weighted by Crippen LogP contribution is 2.17. The molecule has 0 radical (unpaired) electrons. The van der Waals surface area contributed by atoms with Crippen molar-refractivity contribution in [3.05, 3.63) is 41.5 Å². The molecule has 4 nitrogen and oxygen atoms in total. The van der Waals surface area contributed by atoms with E-state index in [1.807, 2.05) is 11.4 Å². The Morgan fingerprint density at radius 2 is 2.20 bits per heavy atom. The lowest BCUT2D eigenvalue weighted by Crippen LogP contribution is -2.15. The molecule has 3 N–H and O–H groups in total. The molecule has 0 aliphatic heterocycles. The van der Waals surface area contributed by atoms with Crippen LogP contribution in [0.2, 0.25) is 0 Å². The minimum atomic E-state index is -1.17. The third kappa shape index (κ3) is 3.88. The first-order valence-electron chi connectivity index (χ1n) is 5.83. The number of nitrogen functional groups attached to an aromatic ring is 1. The van der Waals surface area contributed by atoms with Crippen molar-refractivity contribution >= 4 is 39.4 Å². The molecule has 7 heteroatoms. The fourth-order valence-electron chi connectivity index (χ4n) is 1.52. The van der Waals surface area contributed by atoms with Crippen LogP contribution in [0.1, 0.15) is 6.42 Å². The molecule has 106 valence electrons. The zero-order valence-corrected chi connectivity index (χ0v) is 12.1. The summed E-state index contributed by atoms with van der Waals surface area (Å²) in [6.45, 7) is 0. The molecule has 0 fully saturated rings. The Hall–Kier alpha value is -1.73. The summed E-state index contributed by atoms with van der Waals surface area (Å²) in [6.07, 6.45) is 0.127. The van der Waals surface area contributed by atoms with Gasteiger partial charge < -0.3 is 11.1 Å². The van der Waals surface area contributed by atoms with Gasteiger partial charge in [-0.15, -0.1) is 11.3 Å². The Labute approximate surface area is 122 Å². The Kier molecular flexibility index (Phi) is 4.86. The first kappa shape index (κ1) is 14.7. The molecule has 0 aliphatic rings. The number of nitrogens with one attached hydrogen (secondary N) is 1. The van der Waals surface area contributed by atoms with Crippen molar-refractivity contribution in [3.8, 4) is 0 Å². The highest BCUT2D eigenvalue weighted by molar-refractivity contribution is 7.87. The predicted molar refractivity (Wildman–Crippen MR) is 79.7 cm³/mol. The Bertz CT molecular complexity index is 629. The minimum Gasteiger partial charge on any atom is -0.396 e. The van der Waals surface area contributed by atoms with Gasteiger partial charge in [-0.25, -0.2) is 4.39 Å². The number of thiophene rings is 1. The fourth-order valence-corrected chi connectivity index (χ4v) is 3.62. The van der Waals surface area contributed by atoms with E-state index in [-0.39, 0.29) is 23.8 Å². The highest BCUT2D eigenvalue weighted by atomic mass is 32.2. The smallest absolute Gasteiger partial charge is 0.225 e. The number of carbonyl (C=O) groups excluding carboxylic acids is 1. The molecule has 0 bridgehead atoms. The van der Waals surface area contributed by atoms with Gasteiger partial charge >= 0.3 is 0 Å². The Morgan fingerprint density at radius 3 is 2.85 bits per heavy atom. The number of benzene rings is 1. The maximum Gasteiger partial charge on any atom is 0.225 e. The largest absolute Gasteiger partial charge is 0.396 e. The fraction of sp³-hybridized carbons (Fsp3) is 0.154. The molecule has 0 saturated carbocycles. The quantitative estimate of drug-likeness (QED) is 0.834. The van der Waals surface area contributed by atoms with Crippen LogP contribution < -0.4 is 11.1 Å². The van der Waals surface area contributed by atoms with Gasteiger partial charge in [0.05, 0.1) is 20.7 Å². The minimum absolute atomic E-state index is 0.0232. The van der Waals surface area contributed by atoms with Crippen molar-refractivity contribution in [2.24, 2.45) is 0 Å². The number of nitrogens with two attached hydrogens (primary N) is 1. The summed E-state index contributed by atoms with van der Waals surface area (Å²) >= 11 is 1.40. The lowest BCUT2D eigenvalue weighted by molar-refractivity contribution is -0.115. The van der Waals surface area contributed by atoms with Gasteiger partial charge in [-0.2, -0.15) is 0 Å². The average molecular weight is 312 g/mol. The molecule has 2 rings (SSSR count). The van der Waals surface area contributed by atoms with Gasteiger partial charge in [-0.1, -0.05) is 6.07 Å². The van der Waals surface area contributed by atoms with E-state index in [4.69, 9.17) is 5.73 Å². The van der Waals surface area contributed by atoms with Crippen LogP contribution in [0.4, 0.5) is 15.8 Å². The Morgan fingerprint density at radius 1 is 1.40 bits per heavy atom. The molecular weight excluding hydrogens is 299 g/mol. The number of amides is 1. The average Bonchev–Trinajstić information content (AvgIpc) is 2.94. The molecule has 1 heterocycles. The summed E-state index contributed by atoms with van der Waals surface area (Å²) in [5.74, 6) is -0.550. The van der Waals surface area contributed by atoms with Crippen molar-refractivity contribution in [3.63, 3.8) is 0 Å². The maximum absolute atomic E-state index is 13.0. The van der Waals surface area contributed by atoms with Gasteiger partial charge in [-0.3, -0.25) is 9.00 Å². The molecule has 0 saturated heterocycles. The lowest BCUT2D eigenvalue weighted by Gasteiger charge is -2.06. The zero-order valence-electron chi connectivity index (χ0n) is 10.5. The van der Waals surface area contributed by atoms with Gasteiger partial charge in [0, 0.05) is 17.9 Å².